The number of nitrogens with zero attached hydrogens (tertiary/aromatic N) is 1. The minimum absolute atomic E-state index is 0.0195. The van der Waals surface area contributed by atoms with E-state index >= 15 is 0 Å². The van der Waals surface area contributed by atoms with Crippen molar-refractivity contribution in [2.45, 2.75) is 186 Å². The quantitative estimate of drug-likeness (QED) is 0.0998. The molecule has 5 saturated carbocycles. The maximum Gasteiger partial charge on any atom is 0.310 e. The maximum atomic E-state index is 14.8. The summed E-state index contributed by atoms with van der Waals surface area (Å²) in [7, 11) is 0. The molecule has 7 fully saturated rings. The van der Waals surface area contributed by atoms with Gasteiger partial charge in [-0.25, -0.2) is 4.98 Å². The highest BCUT2D eigenvalue weighted by molar-refractivity contribution is 5.86. The number of nitrogens with one attached hydrogen (secondary N) is 2. The summed E-state index contributed by atoms with van der Waals surface area (Å²) in [4.78, 5) is 36.0. The number of aliphatic hydroxyl groups is 7. The van der Waals surface area contributed by atoms with Gasteiger partial charge in [-0.15, -0.1) is 0 Å². The number of hydrogen-bond donors (Lipinski definition) is 11. The van der Waals surface area contributed by atoms with Gasteiger partial charge < -0.3 is 66.4 Å². The van der Waals surface area contributed by atoms with E-state index in [1.807, 2.05) is 13.1 Å². The first-order valence-electron chi connectivity index (χ1n) is 26.0. The second-order valence-corrected chi connectivity index (χ2v) is 24.6. The zero-order valence-corrected chi connectivity index (χ0v) is 41.0. The van der Waals surface area contributed by atoms with Crippen molar-refractivity contribution in [3.05, 3.63) is 29.9 Å². The molecule has 12 N–H and O–H groups in total. The number of aromatic amines is 1. The lowest BCUT2D eigenvalue weighted by atomic mass is 9.31. The molecule has 0 bridgehead atoms. The van der Waals surface area contributed by atoms with Crippen LogP contribution in [0.4, 0.5) is 0 Å². The number of hydrogen-bond acceptors (Lipinski definition) is 13. The number of allylic oxidation sites excluding steroid dienone is 2. The number of H-pyrrole nitrogens is 1. The largest absolute Gasteiger partial charge is 0.481 e. The molecule has 1 amide bonds. The van der Waals surface area contributed by atoms with Crippen molar-refractivity contribution in [2.75, 3.05) is 26.4 Å². The number of carbonyl (C=O) groups is 2. The molecule has 2 saturated heterocycles. The van der Waals surface area contributed by atoms with Crippen LogP contribution < -0.4 is 11.1 Å². The van der Waals surface area contributed by atoms with E-state index in [4.69, 9.17) is 15.2 Å². The molecule has 1 spiro atoms. The minimum Gasteiger partial charge on any atom is -0.481 e. The van der Waals surface area contributed by atoms with Crippen molar-refractivity contribution < 1.29 is 59.9 Å². The van der Waals surface area contributed by atoms with E-state index in [1.54, 1.807) is 6.33 Å². The Morgan fingerprint density at radius 1 is 0.956 bits per heavy atom. The normalized spacial score (nSPS) is 48.4. The molecule has 1 aromatic heterocycles. The highest BCUT2D eigenvalue weighted by atomic mass is 16.7. The molecular formula is C52H82N4O12. The summed E-state index contributed by atoms with van der Waals surface area (Å²) >= 11 is 0. The molecule has 2 aliphatic heterocycles. The van der Waals surface area contributed by atoms with E-state index in [0.29, 0.717) is 90.0 Å². The number of carboxylic acids is 1. The molecule has 20 atom stereocenters. The van der Waals surface area contributed by atoms with Gasteiger partial charge in [-0.2, -0.15) is 0 Å². The summed E-state index contributed by atoms with van der Waals surface area (Å²) in [5, 5.41) is 94.9. The lowest BCUT2D eigenvalue weighted by Crippen LogP contribution is -2.74. The van der Waals surface area contributed by atoms with Crippen molar-refractivity contribution in [3.8, 4) is 0 Å². The van der Waals surface area contributed by atoms with Gasteiger partial charge in [0.05, 0.1) is 48.7 Å². The monoisotopic (exact) mass is 955 g/mol. The SMILES string of the molecule is C[C@]1(CO)CC[C@]2(C(=O)O)CC[C@]3(C)C(=CC[C@@H]4[C@]5(C)[C@H](CC[C@]43C)[C@](C)([C@H](O)CO)[C@H](O[C@@H]3OC[C@@H](O)[C@H](O)[C@H]3O)[C@H](O)[C@H]5C[C@H]3[C@H]([C@H](CCCN)c4cnc[nH]4)NC(=O)C34CCCC4)[C@@H]2C1. The van der Waals surface area contributed by atoms with Crippen LogP contribution in [0.3, 0.4) is 0 Å². The molecule has 1 aromatic rings. The highest BCUT2D eigenvalue weighted by Crippen LogP contribution is 2.78. The molecule has 0 unspecified atom stereocenters. The Kier molecular flexibility index (Phi) is 13.3. The van der Waals surface area contributed by atoms with Crippen LogP contribution >= 0.6 is 0 Å². The van der Waals surface area contributed by atoms with Gasteiger partial charge in [0.2, 0.25) is 5.91 Å². The van der Waals surface area contributed by atoms with Crippen LogP contribution in [0, 0.1) is 67.5 Å². The first-order chi connectivity index (χ1) is 32.2. The number of aliphatic carboxylic acids is 1. The lowest BCUT2D eigenvalue weighted by molar-refractivity contribution is -0.348. The van der Waals surface area contributed by atoms with Gasteiger partial charge >= 0.3 is 5.97 Å². The first-order valence-corrected chi connectivity index (χ1v) is 26.0. The third kappa shape index (κ3) is 7.13. The third-order valence-electron chi connectivity index (χ3n) is 22.0. The van der Waals surface area contributed by atoms with Crippen LogP contribution in [0.25, 0.3) is 0 Å². The molecule has 6 aliphatic carbocycles. The maximum absolute atomic E-state index is 14.8. The van der Waals surface area contributed by atoms with Gasteiger partial charge in [0, 0.05) is 35.9 Å². The van der Waals surface area contributed by atoms with Gasteiger partial charge in [0.25, 0.3) is 0 Å². The van der Waals surface area contributed by atoms with Crippen molar-refractivity contribution in [1.29, 1.82) is 0 Å². The summed E-state index contributed by atoms with van der Waals surface area (Å²) in [6.45, 7) is 10.4. The summed E-state index contributed by atoms with van der Waals surface area (Å²) in [5.74, 6) is -2.54. The van der Waals surface area contributed by atoms with Crippen LogP contribution in [-0.2, 0) is 19.1 Å². The van der Waals surface area contributed by atoms with Gasteiger partial charge in [0.1, 0.15) is 18.3 Å². The number of aliphatic hydroxyl groups excluding tert-OH is 7. The predicted molar refractivity (Wildman–Crippen MR) is 249 cm³/mol. The molecule has 16 heteroatoms. The van der Waals surface area contributed by atoms with Crippen LogP contribution in [0.1, 0.15) is 143 Å². The Morgan fingerprint density at radius 2 is 1.68 bits per heavy atom. The van der Waals surface area contributed by atoms with Crippen molar-refractivity contribution >= 4 is 11.9 Å². The Hall–Kier alpha value is -2.51. The topological polar surface area (TPSA) is 281 Å². The average Bonchev–Trinajstić information content (AvgIpc) is 4.09. The molecule has 16 nitrogen and oxygen atoms in total. The Bertz CT molecular complexity index is 2050. The van der Waals surface area contributed by atoms with Crippen molar-refractivity contribution in [3.63, 3.8) is 0 Å². The van der Waals surface area contributed by atoms with Crippen LogP contribution in [0.2, 0.25) is 0 Å². The second-order valence-electron chi connectivity index (χ2n) is 24.6. The highest BCUT2D eigenvalue weighted by Gasteiger charge is 2.75. The number of ether oxygens (including phenoxy) is 2. The standard InChI is InChI=1S/C52H82N4O12/c1-46(26-58)16-18-52(45(65)66)19-17-47(2)29(32(52)22-46)10-11-35-48(47,3)15-12-36-49(35,4)31(39(61)42(50(36,5)37(60)24-57)68-43-41(63)40(62)34(59)25-67-43)21-30-38(56-44(64)51(30)13-6-7-14-51)28(9-8-20-53)33-23-54-27-55-33/h10,23,27-28,30-32,34-43,57-63H,6-9,11-22,24-26,53H2,1-5H3,(H,54,55)(H,56,64)(H,65,66)/t28-,30+,31-,32+,34-,35+,36+,37-,38+,39-,40+,41-,42-,43+,46+,47-,48-,49-,50-,52+/m1/s1. The smallest absolute Gasteiger partial charge is 0.310 e. The summed E-state index contributed by atoms with van der Waals surface area (Å²) < 4.78 is 12.6. The Labute approximate surface area is 401 Å². The molecule has 0 radical (unpaired) electrons. The minimum atomic E-state index is -1.68. The number of rotatable bonds is 13. The van der Waals surface area contributed by atoms with Crippen LogP contribution in [0.15, 0.2) is 24.2 Å². The number of amides is 1. The summed E-state index contributed by atoms with van der Waals surface area (Å²) in [5.41, 5.74) is 3.13. The predicted octanol–water partition coefficient (Wildman–Crippen LogP) is 3.51. The van der Waals surface area contributed by atoms with Crippen LogP contribution in [-0.4, -0.2) is 138 Å². The first kappa shape index (κ1) is 50.4. The zero-order chi connectivity index (χ0) is 49.0. The van der Waals surface area contributed by atoms with E-state index in [1.165, 1.54) is 5.57 Å². The van der Waals surface area contributed by atoms with Gasteiger partial charge in [-0.05, 0) is 141 Å². The number of aromatic nitrogens is 2. The molecular weight excluding hydrogens is 873 g/mol. The van der Waals surface area contributed by atoms with Gasteiger partial charge in [0.15, 0.2) is 6.29 Å². The van der Waals surface area contributed by atoms with E-state index in [-0.39, 0.29) is 48.8 Å². The number of imidazole rings is 1. The third-order valence-corrected chi connectivity index (χ3v) is 22.0. The van der Waals surface area contributed by atoms with E-state index in [9.17, 15) is 50.4 Å². The molecule has 0 aromatic carbocycles. The van der Waals surface area contributed by atoms with Crippen LogP contribution in [0.5, 0.6) is 0 Å². The lowest BCUT2D eigenvalue weighted by Gasteiger charge is -2.74. The van der Waals surface area contributed by atoms with Gasteiger partial charge in [-0.1, -0.05) is 59.1 Å². The number of nitrogens with two attached hydrogens (primary N) is 1. The molecule has 8 aliphatic rings. The Balaban J connectivity index is 1.21. The molecule has 68 heavy (non-hydrogen) atoms. The number of fused-ring (bicyclic) bond motifs is 7. The fraction of sp³-hybridized carbons (Fsp3) is 0.865. The van der Waals surface area contributed by atoms with Gasteiger partial charge in [-0.3, -0.25) is 9.59 Å². The van der Waals surface area contributed by atoms with E-state index in [0.717, 1.165) is 18.5 Å². The van der Waals surface area contributed by atoms with E-state index < -0.39 is 105 Å². The summed E-state index contributed by atoms with van der Waals surface area (Å²) in [6.07, 6.45) is 5.42. The van der Waals surface area contributed by atoms with Crippen molar-refractivity contribution in [2.24, 2.45) is 73.2 Å². The zero-order valence-electron chi connectivity index (χ0n) is 41.0. The molecule has 9 rings (SSSR count). The fourth-order valence-corrected chi connectivity index (χ4v) is 17.8. The second kappa shape index (κ2) is 17.9. The van der Waals surface area contributed by atoms with Crippen molar-refractivity contribution in [1.82, 2.24) is 15.3 Å². The number of carbonyl (C=O) groups excluding carboxylic acids is 1. The fourth-order valence-electron chi connectivity index (χ4n) is 17.8. The number of carboxylic acid groups (broad SMARTS) is 1. The molecule has 382 valence electrons. The summed E-state index contributed by atoms with van der Waals surface area (Å²) in [6, 6.07) is -0.335. The molecule has 3 heterocycles. The van der Waals surface area contributed by atoms with E-state index in [2.05, 4.69) is 49.1 Å². The average molecular weight is 955 g/mol. The Morgan fingerprint density at radius 3 is 2.32 bits per heavy atom.